The minimum Gasteiger partial charge on any atom is -0.273 e. The topological polar surface area (TPSA) is 66.4 Å². The number of rotatable bonds is 5. The van der Waals surface area contributed by atoms with Crippen molar-refractivity contribution >= 4 is 10.3 Å². The molecule has 1 atom stereocenters. The van der Waals surface area contributed by atoms with E-state index in [0.717, 1.165) is 19.3 Å². The van der Waals surface area contributed by atoms with Crippen molar-refractivity contribution in [2.75, 3.05) is 0 Å². The van der Waals surface area contributed by atoms with E-state index in [2.05, 4.69) is 4.72 Å². The van der Waals surface area contributed by atoms with Crippen molar-refractivity contribution in [2.45, 2.75) is 39.2 Å². The van der Waals surface area contributed by atoms with Gasteiger partial charge in [-0.15, -0.1) is 0 Å². The van der Waals surface area contributed by atoms with Crippen molar-refractivity contribution in [3.05, 3.63) is 0 Å². The van der Waals surface area contributed by atoms with Crippen LogP contribution in [0, 0.1) is 0 Å². The second kappa shape index (κ2) is 4.69. The fourth-order valence-electron chi connectivity index (χ4n) is 0.823. The van der Waals surface area contributed by atoms with Crippen LogP contribution in [-0.2, 0) is 10.3 Å². The summed E-state index contributed by atoms with van der Waals surface area (Å²) in [6.07, 6.45) is 2.75. The first-order valence-corrected chi connectivity index (χ1v) is 5.14. The molecular weight excluding hydrogens is 166 g/mol. The van der Waals surface area contributed by atoms with Gasteiger partial charge in [-0.25, -0.2) is 0 Å². The first kappa shape index (κ1) is 10.9. The molecule has 4 nitrogen and oxygen atoms in total. The molecule has 0 amide bonds. The van der Waals surface area contributed by atoms with E-state index in [1.54, 1.807) is 6.92 Å². The van der Waals surface area contributed by atoms with Gasteiger partial charge in [-0.2, -0.15) is 13.1 Å². The first-order chi connectivity index (χ1) is 4.95. The van der Waals surface area contributed by atoms with E-state index in [1.165, 1.54) is 0 Å². The van der Waals surface area contributed by atoms with Gasteiger partial charge in [-0.05, 0) is 13.3 Å². The lowest BCUT2D eigenvalue weighted by atomic mass is 10.2. The maximum absolute atomic E-state index is 10.2. The molecule has 2 N–H and O–H groups in total. The van der Waals surface area contributed by atoms with Gasteiger partial charge in [0.25, 0.3) is 0 Å². The highest BCUT2D eigenvalue weighted by molar-refractivity contribution is 7.83. The van der Waals surface area contributed by atoms with Crippen LogP contribution in [-0.4, -0.2) is 19.0 Å². The van der Waals surface area contributed by atoms with Crippen molar-refractivity contribution in [1.82, 2.24) is 4.72 Å². The smallest absolute Gasteiger partial charge is 0.273 e. The molecule has 1 unspecified atom stereocenters. The second-order valence-electron chi connectivity index (χ2n) is 2.64. The summed E-state index contributed by atoms with van der Waals surface area (Å²) in [5.74, 6) is 0. The highest BCUT2D eigenvalue weighted by Crippen LogP contribution is 1.99. The van der Waals surface area contributed by atoms with Crippen LogP contribution in [0.5, 0.6) is 0 Å². The van der Waals surface area contributed by atoms with Crippen LogP contribution in [0.4, 0.5) is 0 Å². The largest absolute Gasteiger partial charge is 0.333 e. The summed E-state index contributed by atoms with van der Waals surface area (Å²) in [4.78, 5) is 0. The van der Waals surface area contributed by atoms with Gasteiger partial charge in [0.1, 0.15) is 0 Å². The van der Waals surface area contributed by atoms with E-state index in [1.807, 2.05) is 6.92 Å². The Morgan fingerprint density at radius 2 is 2.09 bits per heavy atom. The van der Waals surface area contributed by atoms with E-state index < -0.39 is 10.3 Å². The number of nitrogens with one attached hydrogen (secondary N) is 1. The van der Waals surface area contributed by atoms with Crippen molar-refractivity contribution in [3.63, 3.8) is 0 Å². The highest BCUT2D eigenvalue weighted by Gasteiger charge is 2.08. The fourth-order valence-corrected chi connectivity index (χ4v) is 1.45. The van der Waals surface area contributed by atoms with Crippen LogP contribution >= 0.6 is 0 Å². The summed E-state index contributed by atoms with van der Waals surface area (Å²) in [6.45, 7) is 3.75. The zero-order valence-corrected chi connectivity index (χ0v) is 7.69. The molecule has 0 aromatic heterocycles. The second-order valence-corrected chi connectivity index (χ2v) is 3.82. The zero-order chi connectivity index (χ0) is 8.91. The monoisotopic (exact) mass is 181 g/mol. The van der Waals surface area contributed by atoms with Gasteiger partial charge < -0.3 is 0 Å². The molecule has 0 saturated carbocycles. The minimum atomic E-state index is -4.00. The van der Waals surface area contributed by atoms with Crippen LogP contribution in [0.2, 0.25) is 0 Å². The molecule has 0 fully saturated rings. The molecule has 0 saturated heterocycles. The van der Waals surface area contributed by atoms with Crippen LogP contribution in [0.15, 0.2) is 0 Å². The molecule has 5 heteroatoms. The SMILES string of the molecule is CCCCC(C)NS(=O)(=O)O. The van der Waals surface area contributed by atoms with Crippen LogP contribution in [0.3, 0.4) is 0 Å². The molecule has 68 valence electrons. The summed E-state index contributed by atoms with van der Waals surface area (Å²) in [6, 6.07) is -0.176. The van der Waals surface area contributed by atoms with Gasteiger partial charge in [0.05, 0.1) is 0 Å². The fraction of sp³-hybridized carbons (Fsp3) is 1.00. The molecule has 0 aliphatic heterocycles. The highest BCUT2D eigenvalue weighted by atomic mass is 32.2. The van der Waals surface area contributed by atoms with E-state index in [4.69, 9.17) is 4.55 Å². The van der Waals surface area contributed by atoms with Gasteiger partial charge in [0.15, 0.2) is 0 Å². The van der Waals surface area contributed by atoms with Crippen molar-refractivity contribution in [2.24, 2.45) is 0 Å². The number of hydrogen-bond donors (Lipinski definition) is 2. The summed E-state index contributed by atoms with van der Waals surface area (Å²) in [7, 11) is -4.00. The van der Waals surface area contributed by atoms with Gasteiger partial charge in [0.2, 0.25) is 0 Å². The zero-order valence-electron chi connectivity index (χ0n) is 6.87. The van der Waals surface area contributed by atoms with Gasteiger partial charge in [0, 0.05) is 6.04 Å². The third kappa shape index (κ3) is 7.77. The average molecular weight is 181 g/mol. The van der Waals surface area contributed by atoms with Crippen molar-refractivity contribution in [3.8, 4) is 0 Å². The lowest BCUT2D eigenvalue weighted by Gasteiger charge is -2.09. The predicted octanol–water partition coefficient (Wildman–Crippen LogP) is 0.958. The van der Waals surface area contributed by atoms with Crippen molar-refractivity contribution in [1.29, 1.82) is 0 Å². The van der Waals surface area contributed by atoms with Gasteiger partial charge >= 0.3 is 10.3 Å². The molecule has 0 heterocycles. The lowest BCUT2D eigenvalue weighted by molar-refractivity contribution is 0.447. The Labute approximate surface area is 67.9 Å². The Morgan fingerprint density at radius 3 is 2.45 bits per heavy atom. The Kier molecular flexibility index (Phi) is 4.63. The van der Waals surface area contributed by atoms with Gasteiger partial charge in [-0.3, -0.25) is 4.55 Å². The summed E-state index contributed by atoms with van der Waals surface area (Å²) in [5.41, 5.74) is 0. The molecule has 0 aliphatic rings. The number of unbranched alkanes of at least 4 members (excludes halogenated alkanes) is 1. The molecule has 0 spiro atoms. The molecule has 0 bridgehead atoms. The molecule has 0 aromatic rings. The van der Waals surface area contributed by atoms with Crippen LogP contribution in [0.25, 0.3) is 0 Å². The van der Waals surface area contributed by atoms with E-state index in [-0.39, 0.29) is 6.04 Å². The third-order valence-electron chi connectivity index (χ3n) is 1.34. The first-order valence-electron chi connectivity index (χ1n) is 3.70. The Morgan fingerprint density at radius 1 is 1.55 bits per heavy atom. The quantitative estimate of drug-likeness (QED) is 0.621. The predicted molar refractivity (Wildman–Crippen MR) is 43.7 cm³/mol. The lowest BCUT2D eigenvalue weighted by Crippen LogP contribution is -2.31. The Hall–Kier alpha value is -0.130. The average Bonchev–Trinajstić information content (AvgIpc) is 1.79. The summed E-state index contributed by atoms with van der Waals surface area (Å²) in [5, 5.41) is 0. The molecule has 0 rings (SSSR count). The maximum atomic E-state index is 10.2. The maximum Gasteiger partial charge on any atom is 0.333 e. The van der Waals surface area contributed by atoms with Gasteiger partial charge in [-0.1, -0.05) is 19.8 Å². The Balaban J connectivity index is 3.61. The molecule has 0 aromatic carbocycles. The summed E-state index contributed by atoms with van der Waals surface area (Å²) < 4.78 is 30.9. The molecular formula is C6H15NO3S. The summed E-state index contributed by atoms with van der Waals surface area (Å²) >= 11 is 0. The van der Waals surface area contributed by atoms with Crippen LogP contribution < -0.4 is 4.72 Å². The van der Waals surface area contributed by atoms with E-state index >= 15 is 0 Å². The molecule has 0 aliphatic carbocycles. The normalized spacial score (nSPS) is 14.8. The third-order valence-corrected chi connectivity index (χ3v) is 2.04. The standard InChI is InChI=1S/C6H15NO3S/c1-3-4-5-6(2)7-11(8,9)10/h6-7H,3-5H2,1-2H3,(H,8,9,10). The van der Waals surface area contributed by atoms with E-state index in [0.29, 0.717) is 0 Å². The number of hydrogen-bond acceptors (Lipinski definition) is 2. The molecule has 11 heavy (non-hydrogen) atoms. The van der Waals surface area contributed by atoms with Crippen molar-refractivity contribution < 1.29 is 13.0 Å². The van der Waals surface area contributed by atoms with Crippen LogP contribution in [0.1, 0.15) is 33.1 Å². The minimum absolute atomic E-state index is 0.176. The van der Waals surface area contributed by atoms with E-state index in [9.17, 15) is 8.42 Å². The Bertz CT molecular complexity index is 188. The molecule has 0 radical (unpaired) electrons.